The molecule has 0 radical (unpaired) electrons. The van der Waals surface area contributed by atoms with Crippen molar-refractivity contribution >= 4 is 17.9 Å². The molecule has 0 aliphatic rings. The lowest BCUT2D eigenvalue weighted by Crippen LogP contribution is -2.30. The molecule has 6 nitrogen and oxygen atoms in total. The maximum Gasteiger partial charge on any atom is 0.306 e. The Balaban J connectivity index is 4.28. The van der Waals surface area contributed by atoms with Gasteiger partial charge < -0.3 is 14.2 Å². The van der Waals surface area contributed by atoms with E-state index in [4.69, 9.17) is 14.2 Å². The fourth-order valence-corrected chi connectivity index (χ4v) is 6.68. The largest absolute Gasteiger partial charge is 0.462 e. The predicted octanol–water partition coefficient (Wildman–Crippen LogP) is 14.1. The van der Waals surface area contributed by atoms with E-state index in [1.165, 1.54) is 154 Å². The third-order valence-electron chi connectivity index (χ3n) is 10.1. The van der Waals surface area contributed by atoms with Crippen LogP contribution in [0.5, 0.6) is 0 Å². The molecule has 51 heavy (non-hydrogen) atoms. The van der Waals surface area contributed by atoms with Gasteiger partial charge in [-0.3, -0.25) is 14.4 Å². The van der Waals surface area contributed by atoms with E-state index in [-0.39, 0.29) is 31.1 Å². The standard InChI is InChI=1S/C45H86O6/c1-4-7-10-13-16-19-21-22-23-24-27-29-32-35-38-44(47)50-41-42(40-49-43(46)37-34-31-28-25-18-15-12-9-6-3)51-45(48)39-36-33-30-26-20-17-14-11-8-5-2/h42H,4-41H2,1-3H3/t42-/m0/s1. The lowest BCUT2D eigenvalue weighted by Gasteiger charge is -2.18. The zero-order chi connectivity index (χ0) is 37.3. The van der Waals surface area contributed by atoms with Crippen molar-refractivity contribution < 1.29 is 28.6 Å². The van der Waals surface area contributed by atoms with E-state index < -0.39 is 6.10 Å². The van der Waals surface area contributed by atoms with Crippen molar-refractivity contribution in [3.8, 4) is 0 Å². The van der Waals surface area contributed by atoms with Crippen LogP contribution in [0, 0.1) is 0 Å². The van der Waals surface area contributed by atoms with Gasteiger partial charge in [-0.05, 0) is 19.3 Å². The number of ether oxygens (including phenoxy) is 3. The van der Waals surface area contributed by atoms with E-state index in [2.05, 4.69) is 20.8 Å². The first-order valence-electron chi connectivity index (χ1n) is 22.5. The highest BCUT2D eigenvalue weighted by Crippen LogP contribution is 2.15. The van der Waals surface area contributed by atoms with E-state index in [0.29, 0.717) is 19.3 Å². The van der Waals surface area contributed by atoms with Crippen LogP contribution in [0.3, 0.4) is 0 Å². The average molecular weight is 723 g/mol. The SMILES string of the molecule is CCCCCCCCCCCCCCCCC(=O)OC[C@H](COC(=O)CCCCCCCCCCC)OC(=O)CCCCCCCCCCCC. The number of esters is 3. The summed E-state index contributed by atoms with van der Waals surface area (Å²) in [6.45, 7) is 6.62. The van der Waals surface area contributed by atoms with E-state index in [1.54, 1.807) is 0 Å². The lowest BCUT2D eigenvalue weighted by atomic mass is 10.0. The van der Waals surface area contributed by atoms with Crippen molar-refractivity contribution in [3.63, 3.8) is 0 Å². The second-order valence-electron chi connectivity index (χ2n) is 15.3. The van der Waals surface area contributed by atoms with Crippen LogP contribution < -0.4 is 0 Å². The summed E-state index contributed by atoms with van der Waals surface area (Å²) in [5.74, 6) is -0.856. The van der Waals surface area contributed by atoms with E-state index in [9.17, 15) is 14.4 Å². The molecule has 0 bridgehead atoms. The molecule has 0 saturated heterocycles. The summed E-state index contributed by atoms with van der Waals surface area (Å²) in [5.41, 5.74) is 0. The monoisotopic (exact) mass is 723 g/mol. The van der Waals surface area contributed by atoms with Gasteiger partial charge in [-0.25, -0.2) is 0 Å². The van der Waals surface area contributed by atoms with Gasteiger partial charge in [0.05, 0.1) is 0 Å². The van der Waals surface area contributed by atoms with Gasteiger partial charge in [-0.2, -0.15) is 0 Å². The van der Waals surface area contributed by atoms with Crippen molar-refractivity contribution in [3.05, 3.63) is 0 Å². The highest BCUT2D eigenvalue weighted by molar-refractivity contribution is 5.71. The Labute approximate surface area is 317 Å². The van der Waals surface area contributed by atoms with Crippen molar-refractivity contribution in [2.75, 3.05) is 13.2 Å². The molecule has 0 unspecified atom stereocenters. The molecule has 0 aliphatic carbocycles. The fraction of sp³-hybridized carbons (Fsp3) is 0.933. The predicted molar refractivity (Wildman–Crippen MR) is 215 cm³/mol. The second kappa shape index (κ2) is 41.2. The first-order valence-corrected chi connectivity index (χ1v) is 22.5. The topological polar surface area (TPSA) is 78.9 Å². The van der Waals surface area contributed by atoms with Crippen LogP contribution in [0.2, 0.25) is 0 Å². The number of hydrogen-bond donors (Lipinski definition) is 0. The molecular weight excluding hydrogens is 636 g/mol. The second-order valence-corrected chi connectivity index (χ2v) is 15.3. The molecule has 0 saturated carbocycles. The third kappa shape index (κ3) is 39.5. The van der Waals surface area contributed by atoms with Crippen molar-refractivity contribution in [2.24, 2.45) is 0 Å². The molecular formula is C45H86O6. The summed E-state index contributed by atoms with van der Waals surface area (Å²) in [4.78, 5) is 37.6. The van der Waals surface area contributed by atoms with E-state index >= 15 is 0 Å². The summed E-state index contributed by atoms with van der Waals surface area (Å²) >= 11 is 0. The highest BCUT2D eigenvalue weighted by atomic mass is 16.6. The smallest absolute Gasteiger partial charge is 0.306 e. The first kappa shape index (κ1) is 49.4. The Morgan fingerprint density at radius 1 is 0.314 bits per heavy atom. The van der Waals surface area contributed by atoms with Crippen LogP contribution in [0.15, 0.2) is 0 Å². The summed E-state index contributed by atoms with van der Waals surface area (Å²) in [6.07, 6.45) is 40.8. The maximum atomic E-state index is 12.6. The number of unbranched alkanes of at least 4 members (excludes halogenated alkanes) is 30. The van der Waals surface area contributed by atoms with Crippen LogP contribution in [0.1, 0.15) is 252 Å². The fourth-order valence-electron chi connectivity index (χ4n) is 6.68. The zero-order valence-electron chi connectivity index (χ0n) is 34.4. The Morgan fingerprint density at radius 3 is 0.784 bits per heavy atom. The van der Waals surface area contributed by atoms with E-state index in [1.807, 2.05) is 0 Å². The quantitative estimate of drug-likeness (QED) is 0.0355. The highest BCUT2D eigenvalue weighted by Gasteiger charge is 2.19. The summed E-state index contributed by atoms with van der Waals surface area (Å²) in [7, 11) is 0. The number of carbonyl (C=O) groups is 3. The minimum Gasteiger partial charge on any atom is -0.462 e. The molecule has 0 spiro atoms. The van der Waals surface area contributed by atoms with Gasteiger partial charge in [0, 0.05) is 19.3 Å². The third-order valence-corrected chi connectivity index (χ3v) is 10.1. The van der Waals surface area contributed by atoms with Crippen LogP contribution in [0.4, 0.5) is 0 Å². The van der Waals surface area contributed by atoms with Crippen LogP contribution in [-0.4, -0.2) is 37.2 Å². The molecule has 1 atom stereocenters. The molecule has 6 heteroatoms. The molecule has 0 aromatic heterocycles. The van der Waals surface area contributed by atoms with Gasteiger partial charge in [0.25, 0.3) is 0 Å². The molecule has 0 heterocycles. The van der Waals surface area contributed by atoms with Gasteiger partial charge in [0.2, 0.25) is 0 Å². The van der Waals surface area contributed by atoms with Gasteiger partial charge in [-0.1, -0.05) is 213 Å². The summed E-state index contributed by atoms with van der Waals surface area (Å²) in [5, 5.41) is 0. The number of hydrogen-bond acceptors (Lipinski definition) is 6. The molecule has 302 valence electrons. The zero-order valence-corrected chi connectivity index (χ0v) is 34.4. The molecule has 0 amide bonds. The molecule has 0 fully saturated rings. The van der Waals surface area contributed by atoms with Crippen molar-refractivity contribution in [2.45, 2.75) is 258 Å². The van der Waals surface area contributed by atoms with E-state index in [0.717, 1.165) is 57.8 Å². The maximum absolute atomic E-state index is 12.6. The van der Waals surface area contributed by atoms with Crippen LogP contribution in [-0.2, 0) is 28.6 Å². The normalized spacial score (nSPS) is 11.8. The van der Waals surface area contributed by atoms with Crippen molar-refractivity contribution in [1.29, 1.82) is 0 Å². The Morgan fingerprint density at radius 2 is 0.529 bits per heavy atom. The average Bonchev–Trinajstić information content (AvgIpc) is 3.12. The minimum atomic E-state index is -0.756. The summed E-state index contributed by atoms with van der Waals surface area (Å²) in [6, 6.07) is 0. The first-order chi connectivity index (χ1) is 25.0. The van der Waals surface area contributed by atoms with Gasteiger partial charge >= 0.3 is 17.9 Å². The Hall–Kier alpha value is -1.59. The van der Waals surface area contributed by atoms with Crippen LogP contribution >= 0.6 is 0 Å². The van der Waals surface area contributed by atoms with Gasteiger partial charge in [0.15, 0.2) is 6.10 Å². The van der Waals surface area contributed by atoms with Crippen LogP contribution in [0.25, 0.3) is 0 Å². The lowest BCUT2D eigenvalue weighted by molar-refractivity contribution is -0.167. The molecule has 0 rings (SSSR count). The molecule has 0 N–H and O–H groups in total. The number of rotatable bonds is 41. The Bertz CT molecular complexity index is 753. The minimum absolute atomic E-state index is 0.0630. The molecule has 0 aromatic carbocycles. The van der Waals surface area contributed by atoms with Crippen molar-refractivity contribution in [1.82, 2.24) is 0 Å². The Kier molecular flexibility index (Phi) is 39.9. The summed E-state index contributed by atoms with van der Waals surface area (Å²) < 4.78 is 16.7. The van der Waals surface area contributed by atoms with Gasteiger partial charge in [0.1, 0.15) is 13.2 Å². The molecule has 0 aromatic rings. The molecule has 0 aliphatic heterocycles. The van der Waals surface area contributed by atoms with Gasteiger partial charge in [-0.15, -0.1) is 0 Å². The number of carbonyl (C=O) groups excluding carboxylic acids is 3.